The van der Waals surface area contributed by atoms with E-state index in [0.29, 0.717) is 23.5 Å². The molecule has 2 aromatic rings. The van der Waals surface area contributed by atoms with Crippen molar-refractivity contribution in [3.63, 3.8) is 0 Å². The largest absolute Gasteiger partial charge is 0.352 e. The van der Waals surface area contributed by atoms with E-state index in [2.05, 4.69) is 10.8 Å². The molecule has 5 heteroatoms. The number of halogens is 1. The van der Waals surface area contributed by atoms with Crippen LogP contribution in [-0.2, 0) is 4.84 Å². The maximum atomic E-state index is 14.0. The fraction of sp³-hybridized carbons (Fsp3) is 0.235. The third kappa shape index (κ3) is 3.83. The van der Waals surface area contributed by atoms with Crippen LogP contribution >= 0.6 is 0 Å². The van der Waals surface area contributed by atoms with Gasteiger partial charge >= 0.3 is 0 Å². The summed E-state index contributed by atoms with van der Waals surface area (Å²) in [7, 11) is 0. The summed E-state index contributed by atoms with van der Waals surface area (Å²) in [4.78, 5) is 17.0. The van der Waals surface area contributed by atoms with Gasteiger partial charge < -0.3 is 5.32 Å². The number of hydrogen-bond donors (Lipinski definition) is 2. The molecule has 0 aliphatic rings. The Kier molecular flexibility index (Phi) is 5.12. The number of nitrogens with one attached hydrogen (secondary N) is 2. The van der Waals surface area contributed by atoms with Crippen molar-refractivity contribution in [2.45, 2.75) is 20.8 Å². The first-order chi connectivity index (χ1) is 10.5. The zero-order valence-corrected chi connectivity index (χ0v) is 12.9. The quantitative estimate of drug-likeness (QED) is 0.824. The van der Waals surface area contributed by atoms with Gasteiger partial charge in [0.2, 0.25) is 0 Å². The van der Waals surface area contributed by atoms with Crippen molar-refractivity contribution in [2.75, 3.05) is 11.9 Å². The molecule has 0 aromatic heterocycles. The first-order valence-corrected chi connectivity index (χ1v) is 7.07. The van der Waals surface area contributed by atoms with Crippen LogP contribution < -0.4 is 10.8 Å². The Bertz CT molecular complexity index is 686. The molecule has 0 radical (unpaired) electrons. The van der Waals surface area contributed by atoms with E-state index in [1.165, 1.54) is 6.07 Å². The second-order valence-corrected chi connectivity index (χ2v) is 5.02. The van der Waals surface area contributed by atoms with Crippen molar-refractivity contribution < 1.29 is 14.0 Å². The summed E-state index contributed by atoms with van der Waals surface area (Å²) in [6, 6.07) is 10.2. The lowest BCUT2D eigenvalue weighted by Crippen LogP contribution is -2.24. The van der Waals surface area contributed by atoms with Crippen molar-refractivity contribution >= 4 is 17.3 Å². The van der Waals surface area contributed by atoms with Gasteiger partial charge in [0.05, 0.1) is 23.5 Å². The van der Waals surface area contributed by atoms with Gasteiger partial charge in [-0.3, -0.25) is 9.63 Å². The summed E-state index contributed by atoms with van der Waals surface area (Å²) in [6.45, 7) is 5.87. The maximum absolute atomic E-state index is 14.0. The molecule has 116 valence electrons. The summed E-state index contributed by atoms with van der Waals surface area (Å²) >= 11 is 0. The van der Waals surface area contributed by atoms with Crippen molar-refractivity contribution in [2.24, 2.45) is 0 Å². The molecule has 0 spiro atoms. The lowest BCUT2D eigenvalue weighted by atomic mass is 10.1. The first kappa shape index (κ1) is 16.0. The number of carbonyl (C=O) groups is 1. The third-order valence-electron chi connectivity index (χ3n) is 3.12. The van der Waals surface area contributed by atoms with Crippen molar-refractivity contribution in [1.29, 1.82) is 0 Å². The second-order valence-electron chi connectivity index (χ2n) is 5.02. The van der Waals surface area contributed by atoms with E-state index in [0.717, 1.165) is 11.1 Å². The number of carbonyl (C=O) groups excluding carboxylic acids is 1. The summed E-state index contributed by atoms with van der Waals surface area (Å²) in [5, 5.41) is 2.97. The molecule has 0 aliphatic carbocycles. The Balaban J connectivity index is 2.32. The minimum absolute atomic E-state index is 0.321. The lowest BCUT2D eigenvalue weighted by Gasteiger charge is -2.14. The molecule has 2 rings (SSSR count). The molecule has 4 nitrogen and oxygen atoms in total. The smallest absolute Gasteiger partial charge is 0.276 e. The van der Waals surface area contributed by atoms with Crippen LogP contribution in [-0.4, -0.2) is 12.5 Å². The molecule has 0 heterocycles. The van der Waals surface area contributed by atoms with Crippen LogP contribution in [0.4, 0.5) is 15.8 Å². The average molecular weight is 302 g/mol. The zero-order chi connectivity index (χ0) is 16.1. The first-order valence-electron chi connectivity index (χ1n) is 7.07. The fourth-order valence-corrected chi connectivity index (χ4v) is 2.02. The molecule has 0 unspecified atom stereocenters. The van der Waals surface area contributed by atoms with Gasteiger partial charge in [0.15, 0.2) is 0 Å². The van der Waals surface area contributed by atoms with Crippen LogP contribution in [0, 0.1) is 19.7 Å². The van der Waals surface area contributed by atoms with Crippen molar-refractivity contribution in [3.05, 3.63) is 58.9 Å². The van der Waals surface area contributed by atoms with E-state index in [-0.39, 0.29) is 11.7 Å². The Morgan fingerprint density at radius 3 is 2.45 bits per heavy atom. The molecular formula is C17H19FN2O2. The molecule has 0 saturated carbocycles. The minimum Gasteiger partial charge on any atom is -0.352 e. The number of amides is 1. The molecule has 2 N–H and O–H groups in total. The molecule has 0 bridgehead atoms. The van der Waals surface area contributed by atoms with Crippen molar-refractivity contribution in [1.82, 2.24) is 5.48 Å². The SMILES string of the molecule is CCONC(=O)c1ccc(C)cc1Nc1ccc(C)cc1F. The van der Waals surface area contributed by atoms with Crippen LogP contribution in [0.3, 0.4) is 0 Å². The number of hydrogen-bond acceptors (Lipinski definition) is 3. The van der Waals surface area contributed by atoms with Crippen LogP contribution in [0.15, 0.2) is 36.4 Å². The molecule has 0 saturated heterocycles. The number of anilines is 2. The highest BCUT2D eigenvalue weighted by Gasteiger charge is 2.13. The van der Waals surface area contributed by atoms with Crippen LogP contribution in [0.1, 0.15) is 28.4 Å². The van der Waals surface area contributed by atoms with Gasteiger partial charge in [-0.15, -0.1) is 0 Å². The predicted molar refractivity (Wildman–Crippen MR) is 84.7 cm³/mol. The summed E-state index contributed by atoms with van der Waals surface area (Å²) in [6.07, 6.45) is 0. The number of benzene rings is 2. The highest BCUT2D eigenvalue weighted by atomic mass is 19.1. The molecule has 2 aromatic carbocycles. The Labute approximate surface area is 129 Å². The summed E-state index contributed by atoms with van der Waals surface area (Å²) in [5.41, 5.74) is 5.38. The maximum Gasteiger partial charge on any atom is 0.276 e. The van der Waals surface area contributed by atoms with Gasteiger partial charge in [0.25, 0.3) is 5.91 Å². The minimum atomic E-state index is -0.378. The van der Waals surface area contributed by atoms with Gasteiger partial charge in [-0.25, -0.2) is 9.87 Å². The lowest BCUT2D eigenvalue weighted by molar-refractivity contribution is 0.0365. The Hall–Kier alpha value is -2.40. The van der Waals surface area contributed by atoms with Crippen LogP contribution in [0.25, 0.3) is 0 Å². The molecule has 0 atom stereocenters. The number of hydroxylamine groups is 1. The molecule has 0 aliphatic heterocycles. The predicted octanol–water partition coefficient (Wildman–Crippen LogP) is 3.87. The highest BCUT2D eigenvalue weighted by Crippen LogP contribution is 2.25. The van der Waals surface area contributed by atoms with Gasteiger partial charge in [0.1, 0.15) is 5.82 Å². The number of rotatable bonds is 5. The Morgan fingerprint density at radius 2 is 1.77 bits per heavy atom. The molecule has 1 amide bonds. The summed E-state index contributed by atoms with van der Waals surface area (Å²) in [5.74, 6) is -0.741. The normalized spacial score (nSPS) is 10.4. The molecular weight excluding hydrogens is 283 g/mol. The number of aryl methyl sites for hydroxylation is 2. The highest BCUT2D eigenvalue weighted by molar-refractivity contribution is 5.99. The third-order valence-corrected chi connectivity index (χ3v) is 3.12. The topological polar surface area (TPSA) is 50.4 Å². The van der Waals surface area contributed by atoms with Gasteiger partial charge in [0, 0.05) is 0 Å². The molecule has 22 heavy (non-hydrogen) atoms. The van der Waals surface area contributed by atoms with E-state index in [4.69, 9.17) is 4.84 Å². The van der Waals surface area contributed by atoms with E-state index in [1.54, 1.807) is 31.2 Å². The second kappa shape index (κ2) is 7.04. The summed E-state index contributed by atoms with van der Waals surface area (Å²) < 4.78 is 14.0. The van der Waals surface area contributed by atoms with Crippen molar-refractivity contribution in [3.8, 4) is 0 Å². The van der Waals surface area contributed by atoms with E-state index < -0.39 is 0 Å². The standard InChI is InChI=1S/C17H19FN2O2/c1-4-22-20-17(21)13-7-5-12(3)10-16(13)19-15-8-6-11(2)9-14(15)18/h5-10,19H,4H2,1-3H3,(H,20,21). The Morgan fingerprint density at radius 1 is 1.09 bits per heavy atom. The zero-order valence-electron chi connectivity index (χ0n) is 12.9. The van der Waals surface area contributed by atoms with Crippen LogP contribution in [0.2, 0.25) is 0 Å². The van der Waals surface area contributed by atoms with E-state index in [9.17, 15) is 9.18 Å². The van der Waals surface area contributed by atoms with Gasteiger partial charge in [-0.05, 0) is 56.2 Å². The van der Waals surface area contributed by atoms with E-state index in [1.807, 2.05) is 19.9 Å². The average Bonchev–Trinajstić information content (AvgIpc) is 2.48. The van der Waals surface area contributed by atoms with Crippen LogP contribution in [0.5, 0.6) is 0 Å². The van der Waals surface area contributed by atoms with Gasteiger partial charge in [-0.1, -0.05) is 12.1 Å². The monoisotopic (exact) mass is 302 g/mol. The molecule has 0 fully saturated rings. The van der Waals surface area contributed by atoms with Gasteiger partial charge in [-0.2, -0.15) is 0 Å². The fourth-order valence-electron chi connectivity index (χ4n) is 2.02. The van der Waals surface area contributed by atoms with E-state index >= 15 is 0 Å².